The summed E-state index contributed by atoms with van der Waals surface area (Å²) in [5, 5.41) is 12.3. The van der Waals surface area contributed by atoms with Crippen molar-refractivity contribution in [2.75, 3.05) is 11.9 Å². The van der Waals surface area contributed by atoms with Crippen molar-refractivity contribution in [2.24, 2.45) is 0 Å². The first-order chi connectivity index (χ1) is 15.4. The molecule has 7 heteroatoms. The van der Waals surface area contributed by atoms with Gasteiger partial charge in [0.05, 0.1) is 12.3 Å². The highest BCUT2D eigenvalue weighted by atomic mass is 79.9. The number of benzene rings is 3. The summed E-state index contributed by atoms with van der Waals surface area (Å²) in [5.41, 5.74) is 2.17. The number of halogens is 3. The number of carbonyl (C=O) groups is 1. The number of amides is 1. The normalized spacial score (nSPS) is 11.0. The third kappa shape index (κ3) is 5.76. The molecule has 1 amide bonds. The predicted octanol–water partition coefficient (Wildman–Crippen LogP) is 6.78. The number of nitrogens with one attached hydrogen (secondary N) is 1. The Bertz CT molecular complexity index is 1220. The summed E-state index contributed by atoms with van der Waals surface area (Å²) in [5.74, 6) is -0.742. The molecule has 3 aromatic rings. The van der Waals surface area contributed by atoms with Crippen LogP contribution in [0.15, 0.2) is 70.7 Å². The van der Waals surface area contributed by atoms with Gasteiger partial charge in [-0.2, -0.15) is 5.26 Å². The summed E-state index contributed by atoms with van der Waals surface area (Å²) < 4.78 is 20.6. The lowest BCUT2D eigenvalue weighted by molar-refractivity contribution is -0.112. The van der Waals surface area contributed by atoms with E-state index in [2.05, 4.69) is 21.2 Å². The molecular formula is C25H19BrClFN2O2. The Morgan fingerprint density at radius 2 is 1.94 bits per heavy atom. The second-order valence-corrected chi connectivity index (χ2v) is 8.05. The van der Waals surface area contributed by atoms with Crippen LogP contribution >= 0.6 is 27.5 Å². The second-order valence-electron chi connectivity index (χ2n) is 6.78. The molecule has 0 bridgehead atoms. The van der Waals surface area contributed by atoms with Gasteiger partial charge < -0.3 is 10.1 Å². The maximum absolute atomic E-state index is 13.8. The maximum atomic E-state index is 13.8. The lowest BCUT2D eigenvalue weighted by atomic mass is 10.0. The van der Waals surface area contributed by atoms with Gasteiger partial charge in [-0.15, -0.1) is 0 Å². The predicted molar refractivity (Wildman–Crippen MR) is 128 cm³/mol. The highest BCUT2D eigenvalue weighted by molar-refractivity contribution is 9.10. The van der Waals surface area contributed by atoms with E-state index in [1.54, 1.807) is 18.2 Å². The first kappa shape index (κ1) is 23.5. The third-order valence-corrected chi connectivity index (χ3v) is 5.71. The van der Waals surface area contributed by atoms with Crippen LogP contribution in [0.3, 0.4) is 0 Å². The van der Waals surface area contributed by atoms with E-state index in [1.165, 1.54) is 24.3 Å². The van der Waals surface area contributed by atoms with Crippen LogP contribution in [0.25, 0.3) is 6.08 Å². The summed E-state index contributed by atoms with van der Waals surface area (Å²) in [6, 6.07) is 18.8. The lowest BCUT2D eigenvalue weighted by Crippen LogP contribution is -2.14. The quantitative estimate of drug-likeness (QED) is 0.280. The van der Waals surface area contributed by atoms with Crippen molar-refractivity contribution in [2.45, 2.75) is 13.3 Å². The van der Waals surface area contributed by atoms with Crippen molar-refractivity contribution in [3.8, 4) is 11.8 Å². The van der Waals surface area contributed by atoms with E-state index in [1.807, 2.05) is 37.3 Å². The molecule has 0 saturated heterocycles. The molecule has 0 aromatic heterocycles. The van der Waals surface area contributed by atoms with Gasteiger partial charge in [-0.05, 0) is 54.5 Å². The monoisotopic (exact) mass is 512 g/mol. The number of nitriles is 1. The first-order valence-electron chi connectivity index (χ1n) is 9.79. The molecule has 0 aliphatic rings. The van der Waals surface area contributed by atoms with Gasteiger partial charge in [-0.25, -0.2) is 4.39 Å². The Labute approximate surface area is 199 Å². The number of nitrogens with zero attached hydrogens (tertiary/aromatic N) is 1. The van der Waals surface area contributed by atoms with Crippen molar-refractivity contribution >= 4 is 45.2 Å². The largest absolute Gasteiger partial charge is 0.494 e. The standard InChI is InChI=1S/C25H19BrClFN2O2/c1-2-32-24-13-16(12-21(27)19(24)14-17-7-3-4-8-20(17)26)11-18(15-29)25(31)30-23-10-6-5-9-22(23)28/h3-13H,2,14H2,1H3,(H,30,31)/b18-11+. The molecule has 0 heterocycles. The summed E-state index contributed by atoms with van der Waals surface area (Å²) in [4.78, 5) is 12.5. The second kappa shape index (κ2) is 10.9. The number of rotatable bonds is 7. The Morgan fingerprint density at radius 3 is 2.62 bits per heavy atom. The zero-order chi connectivity index (χ0) is 23.1. The van der Waals surface area contributed by atoms with Crippen LogP contribution in [-0.4, -0.2) is 12.5 Å². The van der Waals surface area contributed by atoms with E-state index in [0.717, 1.165) is 15.6 Å². The fourth-order valence-corrected chi connectivity index (χ4v) is 3.78. The molecule has 0 spiro atoms. The number of hydrogen-bond acceptors (Lipinski definition) is 3. The van der Waals surface area contributed by atoms with E-state index in [9.17, 15) is 14.4 Å². The van der Waals surface area contributed by atoms with Gasteiger partial charge >= 0.3 is 0 Å². The van der Waals surface area contributed by atoms with Gasteiger partial charge in [-0.1, -0.05) is 57.9 Å². The summed E-state index contributed by atoms with van der Waals surface area (Å²) in [6.45, 7) is 2.28. The fraction of sp³-hybridized carbons (Fsp3) is 0.120. The highest BCUT2D eigenvalue weighted by Gasteiger charge is 2.15. The van der Waals surface area contributed by atoms with Crippen molar-refractivity contribution in [3.05, 3.63) is 98.2 Å². The van der Waals surface area contributed by atoms with Crippen LogP contribution < -0.4 is 10.1 Å². The van der Waals surface area contributed by atoms with Crippen molar-refractivity contribution in [1.29, 1.82) is 5.26 Å². The van der Waals surface area contributed by atoms with Gasteiger partial charge in [-0.3, -0.25) is 4.79 Å². The topological polar surface area (TPSA) is 62.1 Å². The Balaban J connectivity index is 1.93. The van der Waals surface area contributed by atoms with Crippen LogP contribution in [-0.2, 0) is 11.2 Å². The number of para-hydroxylation sites is 1. The summed E-state index contributed by atoms with van der Waals surface area (Å²) in [6.07, 6.45) is 1.94. The minimum atomic E-state index is -0.719. The number of anilines is 1. The summed E-state index contributed by atoms with van der Waals surface area (Å²) >= 11 is 10.1. The van der Waals surface area contributed by atoms with E-state index in [0.29, 0.717) is 29.4 Å². The molecule has 0 atom stereocenters. The van der Waals surface area contributed by atoms with Gasteiger partial charge in [0.25, 0.3) is 5.91 Å². The smallest absolute Gasteiger partial charge is 0.266 e. The lowest BCUT2D eigenvalue weighted by Gasteiger charge is -2.14. The Hall–Kier alpha value is -3.14. The van der Waals surface area contributed by atoms with E-state index >= 15 is 0 Å². The summed E-state index contributed by atoms with van der Waals surface area (Å²) in [7, 11) is 0. The Kier molecular flexibility index (Phi) is 8.04. The molecule has 4 nitrogen and oxygen atoms in total. The van der Waals surface area contributed by atoms with Crippen molar-refractivity contribution in [1.82, 2.24) is 0 Å². The molecule has 0 unspecified atom stereocenters. The number of carbonyl (C=O) groups excluding carboxylic acids is 1. The molecule has 0 radical (unpaired) electrons. The molecule has 0 saturated carbocycles. The van der Waals surface area contributed by atoms with Gasteiger partial charge in [0.2, 0.25) is 0 Å². The van der Waals surface area contributed by atoms with E-state index < -0.39 is 11.7 Å². The molecule has 0 aliphatic carbocycles. The first-order valence-corrected chi connectivity index (χ1v) is 11.0. The van der Waals surface area contributed by atoms with E-state index in [-0.39, 0.29) is 11.3 Å². The highest BCUT2D eigenvalue weighted by Crippen LogP contribution is 2.33. The van der Waals surface area contributed by atoms with Crippen LogP contribution in [0.1, 0.15) is 23.6 Å². The average molecular weight is 514 g/mol. The molecule has 32 heavy (non-hydrogen) atoms. The zero-order valence-electron chi connectivity index (χ0n) is 17.2. The Morgan fingerprint density at radius 1 is 1.22 bits per heavy atom. The molecule has 1 N–H and O–H groups in total. The van der Waals surface area contributed by atoms with Crippen LogP contribution in [0, 0.1) is 17.1 Å². The SMILES string of the molecule is CCOc1cc(/C=C(\C#N)C(=O)Nc2ccccc2F)cc(Cl)c1Cc1ccccc1Br. The molecule has 3 aromatic carbocycles. The molecular weight excluding hydrogens is 495 g/mol. The van der Waals surface area contributed by atoms with Gasteiger partial charge in [0, 0.05) is 21.5 Å². The minimum absolute atomic E-state index is 0.00419. The number of hydrogen-bond donors (Lipinski definition) is 1. The van der Waals surface area contributed by atoms with Gasteiger partial charge in [0.15, 0.2) is 0 Å². The average Bonchev–Trinajstić information content (AvgIpc) is 2.77. The fourth-order valence-electron chi connectivity index (χ4n) is 3.07. The molecule has 0 fully saturated rings. The zero-order valence-corrected chi connectivity index (χ0v) is 19.5. The van der Waals surface area contributed by atoms with Gasteiger partial charge in [0.1, 0.15) is 23.2 Å². The van der Waals surface area contributed by atoms with E-state index in [4.69, 9.17) is 16.3 Å². The van der Waals surface area contributed by atoms with Crippen LogP contribution in [0.5, 0.6) is 5.75 Å². The number of ether oxygens (including phenoxy) is 1. The minimum Gasteiger partial charge on any atom is -0.494 e. The maximum Gasteiger partial charge on any atom is 0.266 e. The molecule has 3 rings (SSSR count). The van der Waals surface area contributed by atoms with Crippen molar-refractivity contribution in [3.63, 3.8) is 0 Å². The van der Waals surface area contributed by atoms with Crippen LogP contribution in [0.2, 0.25) is 5.02 Å². The molecule has 162 valence electrons. The molecule has 0 aliphatic heterocycles. The third-order valence-electron chi connectivity index (χ3n) is 4.60. The van der Waals surface area contributed by atoms with Crippen molar-refractivity contribution < 1.29 is 13.9 Å². The van der Waals surface area contributed by atoms with Crippen LogP contribution in [0.4, 0.5) is 10.1 Å².